The molecule has 34 heavy (non-hydrogen) atoms. The zero-order valence-electron chi connectivity index (χ0n) is 19.6. The summed E-state index contributed by atoms with van der Waals surface area (Å²) in [5, 5.41) is 16.6. The Labute approximate surface area is 197 Å². The molecule has 2 aliphatic rings. The molecule has 178 valence electrons. The molecule has 2 N–H and O–H groups in total. The third-order valence-electron chi connectivity index (χ3n) is 6.76. The number of rotatable bonds is 6. The molecule has 1 aromatic carbocycles. The van der Waals surface area contributed by atoms with Crippen molar-refractivity contribution in [2.45, 2.75) is 31.8 Å². The summed E-state index contributed by atoms with van der Waals surface area (Å²) < 4.78 is 7.71. The number of aryl methyl sites for hydroxylation is 1. The van der Waals surface area contributed by atoms with Gasteiger partial charge in [0, 0.05) is 66.4 Å². The molecule has 2 aliphatic heterocycles. The lowest BCUT2D eigenvalue weighted by molar-refractivity contribution is -0.384. The minimum absolute atomic E-state index is 0.0211. The summed E-state index contributed by atoms with van der Waals surface area (Å²) in [7, 11) is 5.59. The quantitative estimate of drug-likeness (QED) is 0.432. The predicted octanol–water partition coefficient (Wildman–Crippen LogP) is 2.59. The first kappa shape index (κ1) is 22.1. The van der Waals surface area contributed by atoms with Crippen molar-refractivity contribution in [2.75, 3.05) is 44.9 Å². The molecule has 0 amide bonds. The van der Waals surface area contributed by atoms with Crippen LogP contribution in [0, 0.1) is 10.1 Å². The highest BCUT2D eigenvalue weighted by Crippen LogP contribution is 2.44. The largest absolute Gasteiger partial charge is 0.496 e. The molecule has 0 atom stereocenters. The van der Waals surface area contributed by atoms with E-state index in [9.17, 15) is 10.1 Å². The maximum atomic E-state index is 12.1. The number of nitrogens with two attached hydrogens (primary N) is 1. The monoisotopic (exact) mass is 464 g/mol. The highest BCUT2D eigenvalue weighted by Gasteiger charge is 2.34. The Bertz CT molecular complexity index is 1250. The van der Waals surface area contributed by atoms with Crippen molar-refractivity contribution in [1.82, 2.24) is 24.6 Å². The maximum absolute atomic E-state index is 12.1. The first-order valence-corrected chi connectivity index (χ1v) is 11.3. The third kappa shape index (κ3) is 3.71. The van der Waals surface area contributed by atoms with E-state index in [1.54, 1.807) is 31.6 Å². The Morgan fingerprint density at radius 2 is 1.97 bits per heavy atom. The van der Waals surface area contributed by atoms with E-state index in [4.69, 9.17) is 10.5 Å². The number of likely N-dealkylation sites (N-methyl/N-ethyl adjacent to an activating group) is 1. The van der Waals surface area contributed by atoms with Gasteiger partial charge >= 0.3 is 0 Å². The molecule has 4 heterocycles. The molecule has 0 spiro atoms. The fraction of sp³-hybridized carbons (Fsp3) is 0.435. The van der Waals surface area contributed by atoms with E-state index >= 15 is 0 Å². The fourth-order valence-electron chi connectivity index (χ4n) is 4.73. The van der Waals surface area contributed by atoms with Crippen molar-refractivity contribution < 1.29 is 9.66 Å². The van der Waals surface area contributed by atoms with E-state index in [0.29, 0.717) is 34.3 Å². The van der Waals surface area contributed by atoms with Gasteiger partial charge in [-0.3, -0.25) is 14.8 Å². The zero-order valence-corrected chi connectivity index (χ0v) is 19.6. The summed E-state index contributed by atoms with van der Waals surface area (Å²) in [6.45, 7) is 2.29. The summed E-state index contributed by atoms with van der Waals surface area (Å²) in [5.41, 5.74) is 10.3. The van der Waals surface area contributed by atoms with Crippen LogP contribution in [0.1, 0.15) is 18.5 Å². The minimum Gasteiger partial charge on any atom is -0.496 e. The first-order valence-electron chi connectivity index (χ1n) is 11.3. The van der Waals surface area contributed by atoms with E-state index in [0.717, 1.165) is 50.2 Å². The second-order valence-electron chi connectivity index (χ2n) is 9.00. The van der Waals surface area contributed by atoms with E-state index in [-0.39, 0.29) is 16.6 Å². The van der Waals surface area contributed by atoms with Crippen molar-refractivity contribution in [3.8, 4) is 28.1 Å². The van der Waals surface area contributed by atoms with Crippen molar-refractivity contribution in [3.05, 3.63) is 40.3 Å². The number of hydrogen-bond acceptors (Lipinski definition) is 9. The second kappa shape index (κ2) is 8.56. The summed E-state index contributed by atoms with van der Waals surface area (Å²) >= 11 is 0. The van der Waals surface area contributed by atoms with E-state index in [1.165, 1.54) is 0 Å². The summed E-state index contributed by atoms with van der Waals surface area (Å²) in [6, 6.07) is 3.66. The smallest absolute Gasteiger partial charge is 0.293 e. The molecule has 0 unspecified atom stereocenters. The molecular formula is C23H28N8O3. The molecule has 0 aliphatic carbocycles. The van der Waals surface area contributed by atoms with Gasteiger partial charge in [-0.25, -0.2) is 9.97 Å². The fourth-order valence-corrected chi connectivity index (χ4v) is 4.73. The van der Waals surface area contributed by atoms with Gasteiger partial charge in [-0.2, -0.15) is 5.10 Å². The first-order chi connectivity index (χ1) is 16.4. The van der Waals surface area contributed by atoms with Gasteiger partial charge in [0.15, 0.2) is 0 Å². The van der Waals surface area contributed by atoms with Gasteiger partial charge in [-0.05, 0) is 33.4 Å². The highest BCUT2D eigenvalue weighted by atomic mass is 16.6. The normalized spacial score (nSPS) is 15.8. The number of methoxy groups -OCH3 is 1. The Balaban J connectivity index is 1.64. The molecule has 0 radical (unpaired) electrons. The van der Waals surface area contributed by atoms with E-state index in [2.05, 4.69) is 20.0 Å². The summed E-state index contributed by atoms with van der Waals surface area (Å²) in [5.74, 6) is 0.652. The Kier molecular flexibility index (Phi) is 5.56. The maximum Gasteiger partial charge on any atom is 0.293 e. The number of fused-ring (bicyclic) bond motifs is 1. The average molecular weight is 465 g/mol. The number of ether oxygens (including phenoxy) is 1. The topological polar surface area (TPSA) is 128 Å². The number of nitro benzene ring substituents is 1. The van der Waals surface area contributed by atoms with Gasteiger partial charge in [0.05, 0.1) is 23.9 Å². The second-order valence-corrected chi connectivity index (χ2v) is 9.00. The average Bonchev–Trinajstić information content (AvgIpc) is 3.21. The van der Waals surface area contributed by atoms with Crippen LogP contribution in [-0.4, -0.2) is 69.9 Å². The molecule has 11 nitrogen and oxygen atoms in total. The molecule has 5 rings (SSSR count). The Hall–Kier alpha value is -3.73. The Morgan fingerprint density at radius 3 is 2.68 bits per heavy atom. The Morgan fingerprint density at radius 1 is 1.18 bits per heavy atom. The van der Waals surface area contributed by atoms with Crippen LogP contribution in [0.3, 0.4) is 0 Å². The van der Waals surface area contributed by atoms with Gasteiger partial charge in [-0.15, -0.1) is 0 Å². The molecule has 0 saturated carbocycles. The number of anilines is 2. The molecule has 1 fully saturated rings. The number of benzene rings is 1. The van der Waals surface area contributed by atoms with E-state index in [1.807, 2.05) is 23.7 Å². The van der Waals surface area contributed by atoms with E-state index < -0.39 is 0 Å². The highest BCUT2D eigenvalue weighted by molar-refractivity contribution is 5.88. The van der Waals surface area contributed by atoms with Crippen LogP contribution < -0.4 is 15.4 Å². The van der Waals surface area contributed by atoms with Crippen LogP contribution in [0.2, 0.25) is 0 Å². The number of nitrogens with zero attached hydrogens (tertiary/aromatic N) is 7. The molecule has 2 aromatic heterocycles. The van der Waals surface area contributed by atoms with Gasteiger partial charge in [0.1, 0.15) is 11.4 Å². The number of nitro groups is 1. The molecule has 0 bridgehead atoms. The van der Waals surface area contributed by atoms with Crippen molar-refractivity contribution in [3.63, 3.8) is 0 Å². The van der Waals surface area contributed by atoms with Crippen LogP contribution in [0.5, 0.6) is 5.75 Å². The number of aromatic nitrogens is 4. The van der Waals surface area contributed by atoms with Crippen LogP contribution in [0.4, 0.5) is 17.3 Å². The van der Waals surface area contributed by atoms with Crippen molar-refractivity contribution >= 4 is 17.3 Å². The molecule has 1 saturated heterocycles. The van der Waals surface area contributed by atoms with Crippen molar-refractivity contribution in [1.29, 1.82) is 0 Å². The number of hydrogen-bond donors (Lipinski definition) is 1. The predicted molar refractivity (Wildman–Crippen MR) is 129 cm³/mol. The van der Waals surface area contributed by atoms with Gasteiger partial charge in [-0.1, -0.05) is 0 Å². The van der Waals surface area contributed by atoms with Gasteiger partial charge in [0.2, 0.25) is 5.95 Å². The van der Waals surface area contributed by atoms with Gasteiger partial charge in [0.25, 0.3) is 5.69 Å². The lowest BCUT2D eigenvalue weighted by Crippen LogP contribution is -2.57. The van der Waals surface area contributed by atoms with Gasteiger partial charge < -0.3 is 20.3 Å². The van der Waals surface area contributed by atoms with Crippen LogP contribution in [-0.2, 0) is 13.0 Å². The van der Waals surface area contributed by atoms with Crippen LogP contribution >= 0.6 is 0 Å². The molecule has 3 aromatic rings. The summed E-state index contributed by atoms with van der Waals surface area (Å²) in [6.07, 6.45) is 6.44. The molecular weight excluding hydrogens is 436 g/mol. The summed E-state index contributed by atoms with van der Waals surface area (Å²) in [4.78, 5) is 24.6. The third-order valence-corrected chi connectivity index (χ3v) is 6.76. The van der Waals surface area contributed by atoms with Crippen molar-refractivity contribution in [2.24, 2.45) is 0 Å². The SMILES string of the molecule is COc1cc(N2CC(N(C)C)C2)c([N+](=O)[O-])cc1-c1cnc(N)nc1-c1cnn2c1CCCC2. The van der Waals surface area contributed by atoms with Crippen LogP contribution in [0.25, 0.3) is 22.4 Å². The lowest BCUT2D eigenvalue weighted by atomic mass is 9.96. The standard InChI is InChI=1S/C23H28N8O3/c1-28(2)14-12-29(13-14)19-9-21(34-3)15(8-20(19)31(32)33)16-10-25-23(24)27-22(16)17-11-26-30-7-5-4-6-18(17)30/h8-11,14H,4-7,12-13H2,1-3H3,(H2,24,25,27). The minimum atomic E-state index is -0.346. The van der Waals surface area contributed by atoms with Crippen LogP contribution in [0.15, 0.2) is 24.5 Å². The lowest BCUT2D eigenvalue weighted by Gasteiger charge is -2.44. The zero-order chi connectivity index (χ0) is 24.0. The number of nitrogen functional groups attached to an aromatic ring is 1. The molecule has 11 heteroatoms.